The molecule has 0 unspecified atom stereocenters. The molecule has 1 amide bonds. The lowest BCUT2D eigenvalue weighted by Gasteiger charge is -2.33. The monoisotopic (exact) mass is 522 g/mol. The van der Waals surface area contributed by atoms with Crippen LogP contribution in [0.15, 0.2) is 61.1 Å². The van der Waals surface area contributed by atoms with Gasteiger partial charge in [-0.2, -0.15) is 13.2 Å². The number of hydrogen-bond acceptors (Lipinski definition) is 7. The molecule has 1 N–H and O–H groups in total. The van der Waals surface area contributed by atoms with E-state index >= 15 is 0 Å². The number of hydrogen-bond donors (Lipinski definition) is 1. The molecule has 12 heteroatoms. The molecule has 0 spiro atoms. The van der Waals surface area contributed by atoms with Crippen molar-refractivity contribution in [2.45, 2.75) is 13.1 Å². The van der Waals surface area contributed by atoms with Crippen molar-refractivity contribution in [2.24, 2.45) is 0 Å². The minimum Gasteiger partial charge on any atom is -0.368 e. The number of likely N-dealkylation sites (N-methyl/N-ethyl adjacent to an activating group) is 1. The van der Waals surface area contributed by atoms with Gasteiger partial charge in [0.2, 0.25) is 0 Å². The van der Waals surface area contributed by atoms with Gasteiger partial charge in [-0.1, -0.05) is 17.3 Å². The smallest absolute Gasteiger partial charge is 0.368 e. The molecule has 1 aromatic carbocycles. The number of aromatic nitrogens is 5. The summed E-state index contributed by atoms with van der Waals surface area (Å²) in [5.74, 6) is -0.753. The van der Waals surface area contributed by atoms with Crippen molar-refractivity contribution in [3.05, 3.63) is 78.0 Å². The van der Waals surface area contributed by atoms with Gasteiger partial charge in [-0.15, -0.1) is 5.10 Å². The molecular formula is C26H25F3N8O. The van der Waals surface area contributed by atoms with E-state index in [1.54, 1.807) is 35.3 Å². The first kappa shape index (κ1) is 25.3. The number of nitrogens with zero attached hydrogens (tertiary/aromatic N) is 7. The summed E-state index contributed by atoms with van der Waals surface area (Å²) in [6.07, 6.45) is 0.707. The van der Waals surface area contributed by atoms with E-state index in [1.165, 1.54) is 6.07 Å². The van der Waals surface area contributed by atoms with E-state index in [1.807, 2.05) is 19.2 Å². The molecule has 4 heterocycles. The van der Waals surface area contributed by atoms with Crippen molar-refractivity contribution in [2.75, 3.05) is 43.4 Å². The number of rotatable bonds is 5. The van der Waals surface area contributed by atoms with Crippen LogP contribution in [0.3, 0.4) is 0 Å². The van der Waals surface area contributed by atoms with Crippen molar-refractivity contribution < 1.29 is 18.0 Å². The summed E-state index contributed by atoms with van der Waals surface area (Å²) in [6.45, 7) is 5.68. The summed E-state index contributed by atoms with van der Waals surface area (Å²) in [6, 6.07) is 10.4. The summed E-state index contributed by atoms with van der Waals surface area (Å²) in [5.41, 5.74) is 2.91. The number of amides is 1. The summed E-state index contributed by atoms with van der Waals surface area (Å²) in [4.78, 5) is 25.0. The summed E-state index contributed by atoms with van der Waals surface area (Å²) in [7, 11) is 2.11. The topological polar surface area (TPSA) is 92.1 Å². The highest BCUT2D eigenvalue weighted by atomic mass is 19.4. The van der Waals surface area contributed by atoms with Crippen LogP contribution in [0.4, 0.5) is 24.5 Å². The molecule has 1 aliphatic rings. The van der Waals surface area contributed by atoms with Crippen LogP contribution in [0.1, 0.15) is 21.7 Å². The number of benzene rings is 1. The van der Waals surface area contributed by atoms with Crippen LogP contribution in [0.25, 0.3) is 16.9 Å². The Morgan fingerprint density at radius 1 is 1.03 bits per heavy atom. The van der Waals surface area contributed by atoms with Gasteiger partial charge in [0.1, 0.15) is 17.1 Å². The maximum atomic E-state index is 13.0. The average molecular weight is 523 g/mol. The Morgan fingerprint density at radius 2 is 1.82 bits per heavy atom. The van der Waals surface area contributed by atoms with E-state index in [0.29, 0.717) is 17.1 Å². The van der Waals surface area contributed by atoms with Crippen LogP contribution >= 0.6 is 0 Å². The van der Waals surface area contributed by atoms with Crippen LogP contribution in [-0.4, -0.2) is 69.0 Å². The predicted molar refractivity (Wildman–Crippen MR) is 136 cm³/mol. The van der Waals surface area contributed by atoms with E-state index in [-0.39, 0.29) is 5.69 Å². The van der Waals surface area contributed by atoms with Crippen molar-refractivity contribution in [3.8, 4) is 16.9 Å². The van der Waals surface area contributed by atoms with E-state index in [0.717, 1.165) is 55.1 Å². The van der Waals surface area contributed by atoms with Crippen LogP contribution in [0, 0.1) is 6.92 Å². The molecule has 38 heavy (non-hydrogen) atoms. The predicted octanol–water partition coefficient (Wildman–Crippen LogP) is 4.06. The molecule has 1 fully saturated rings. The first-order chi connectivity index (χ1) is 18.2. The SMILES string of the molecule is Cc1ccc(NC(=O)c2cccc(C(F)(F)F)n2)cc1-n1cc(-c2cncc(N3CCN(C)CC3)c2)nn1. The zero-order valence-corrected chi connectivity index (χ0v) is 20.8. The molecular weight excluding hydrogens is 497 g/mol. The maximum absolute atomic E-state index is 13.0. The fraction of sp³-hybridized carbons (Fsp3) is 0.269. The lowest BCUT2D eigenvalue weighted by atomic mass is 10.1. The first-order valence-electron chi connectivity index (χ1n) is 12.0. The number of piperazine rings is 1. The lowest BCUT2D eigenvalue weighted by molar-refractivity contribution is -0.141. The molecule has 1 saturated heterocycles. The number of carbonyl (C=O) groups is 1. The third-order valence-corrected chi connectivity index (χ3v) is 6.37. The molecule has 1 aliphatic heterocycles. The Kier molecular flexibility index (Phi) is 6.81. The van der Waals surface area contributed by atoms with E-state index < -0.39 is 17.8 Å². The third kappa shape index (κ3) is 5.49. The van der Waals surface area contributed by atoms with Crippen LogP contribution in [-0.2, 0) is 6.18 Å². The highest BCUT2D eigenvalue weighted by molar-refractivity contribution is 6.03. The number of carbonyl (C=O) groups excluding carboxylic acids is 1. The maximum Gasteiger partial charge on any atom is 0.433 e. The Balaban J connectivity index is 1.36. The summed E-state index contributed by atoms with van der Waals surface area (Å²) < 4.78 is 40.5. The van der Waals surface area contributed by atoms with Gasteiger partial charge in [-0.3, -0.25) is 9.78 Å². The second kappa shape index (κ2) is 10.2. The Bertz CT molecular complexity index is 1460. The lowest BCUT2D eigenvalue weighted by Crippen LogP contribution is -2.44. The van der Waals surface area contributed by atoms with Crippen molar-refractivity contribution in [1.29, 1.82) is 0 Å². The number of halogens is 3. The number of nitrogens with one attached hydrogen (secondary N) is 1. The molecule has 196 valence electrons. The Labute approximate surface area is 216 Å². The van der Waals surface area contributed by atoms with E-state index in [2.05, 4.69) is 42.4 Å². The third-order valence-electron chi connectivity index (χ3n) is 6.37. The van der Waals surface area contributed by atoms with Gasteiger partial charge < -0.3 is 15.1 Å². The summed E-state index contributed by atoms with van der Waals surface area (Å²) >= 11 is 0. The van der Waals surface area contributed by atoms with Gasteiger partial charge in [-0.05, 0) is 49.9 Å². The molecule has 9 nitrogen and oxygen atoms in total. The Morgan fingerprint density at radius 3 is 2.58 bits per heavy atom. The fourth-order valence-corrected chi connectivity index (χ4v) is 4.17. The van der Waals surface area contributed by atoms with Gasteiger partial charge in [0.25, 0.3) is 5.91 Å². The second-order valence-electron chi connectivity index (χ2n) is 9.13. The largest absolute Gasteiger partial charge is 0.433 e. The number of aryl methyl sites for hydroxylation is 1. The van der Waals surface area contributed by atoms with Gasteiger partial charge in [0.15, 0.2) is 0 Å². The average Bonchev–Trinajstić information content (AvgIpc) is 3.40. The molecule has 0 saturated carbocycles. The Hall–Kier alpha value is -4.32. The van der Waals surface area contributed by atoms with Crippen LogP contribution in [0.5, 0.6) is 0 Å². The number of pyridine rings is 2. The van der Waals surface area contributed by atoms with E-state index in [4.69, 9.17) is 0 Å². The molecule has 3 aromatic heterocycles. The summed E-state index contributed by atoms with van der Waals surface area (Å²) in [5, 5.41) is 11.2. The van der Waals surface area contributed by atoms with Gasteiger partial charge in [0, 0.05) is 43.6 Å². The van der Waals surface area contributed by atoms with Crippen LogP contribution in [0.2, 0.25) is 0 Å². The molecule has 0 bridgehead atoms. The molecule has 4 aromatic rings. The highest BCUT2D eigenvalue weighted by Gasteiger charge is 2.33. The standard InChI is InChI=1S/C26H25F3N8O/c1-17-6-7-19(31-25(38)21-4-3-5-24(32-21)26(27,28)29)13-23(17)37-16-22(33-34-37)18-12-20(15-30-14-18)36-10-8-35(2)9-11-36/h3-7,12-16H,8-11H2,1-2H3,(H,31,38). The van der Waals surface area contributed by atoms with Gasteiger partial charge in [0.05, 0.1) is 23.8 Å². The van der Waals surface area contributed by atoms with Crippen molar-refractivity contribution >= 4 is 17.3 Å². The molecule has 0 aliphatic carbocycles. The first-order valence-corrected chi connectivity index (χ1v) is 12.0. The zero-order valence-electron chi connectivity index (χ0n) is 20.8. The second-order valence-corrected chi connectivity index (χ2v) is 9.13. The highest BCUT2D eigenvalue weighted by Crippen LogP contribution is 2.28. The fourth-order valence-electron chi connectivity index (χ4n) is 4.17. The number of anilines is 2. The quantitative estimate of drug-likeness (QED) is 0.423. The number of alkyl halides is 3. The van der Waals surface area contributed by atoms with E-state index in [9.17, 15) is 18.0 Å². The molecule has 0 atom stereocenters. The van der Waals surface area contributed by atoms with Crippen molar-refractivity contribution in [1.82, 2.24) is 29.9 Å². The van der Waals surface area contributed by atoms with Crippen LogP contribution < -0.4 is 10.2 Å². The molecule has 0 radical (unpaired) electrons. The van der Waals surface area contributed by atoms with Crippen molar-refractivity contribution in [3.63, 3.8) is 0 Å². The minimum absolute atomic E-state index is 0.335. The van der Waals surface area contributed by atoms with Gasteiger partial charge >= 0.3 is 6.18 Å². The molecule has 5 rings (SSSR count). The normalized spacial score (nSPS) is 14.5. The zero-order chi connectivity index (χ0) is 26.9. The minimum atomic E-state index is -4.64. The van der Waals surface area contributed by atoms with Gasteiger partial charge in [-0.25, -0.2) is 9.67 Å².